The first-order chi connectivity index (χ1) is 11.1. The van der Waals surface area contributed by atoms with Crippen molar-refractivity contribution < 1.29 is 4.79 Å². The first-order valence-electron chi connectivity index (χ1n) is 8.31. The van der Waals surface area contributed by atoms with Crippen molar-refractivity contribution in [3.05, 3.63) is 30.7 Å². The second-order valence-corrected chi connectivity index (χ2v) is 6.01. The van der Waals surface area contributed by atoms with Crippen molar-refractivity contribution in [2.75, 3.05) is 31.1 Å². The van der Waals surface area contributed by atoms with Gasteiger partial charge in [0.1, 0.15) is 11.6 Å². The van der Waals surface area contributed by atoms with E-state index < -0.39 is 0 Å². The fourth-order valence-electron chi connectivity index (χ4n) is 2.70. The highest BCUT2D eigenvalue weighted by Crippen LogP contribution is 2.13. The molecule has 1 aromatic rings. The molecule has 1 N–H and O–H groups in total. The molecule has 126 valence electrons. The van der Waals surface area contributed by atoms with Crippen LogP contribution in [0.4, 0.5) is 10.6 Å². The second kappa shape index (κ2) is 8.50. The predicted octanol–water partition coefficient (Wildman–Crippen LogP) is 2.36. The first kappa shape index (κ1) is 17.2. The number of allylic oxidation sites excluding steroid dienone is 1. The van der Waals surface area contributed by atoms with Gasteiger partial charge in [0.15, 0.2) is 0 Å². The van der Waals surface area contributed by atoms with Gasteiger partial charge in [0, 0.05) is 38.4 Å². The fourth-order valence-corrected chi connectivity index (χ4v) is 2.70. The van der Waals surface area contributed by atoms with Crippen molar-refractivity contribution in [1.29, 1.82) is 0 Å². The van der Waals surface area contributed by atoms with Crippen molar-refractivity contribution in [2.24, 2.45) is 0 Å². The highest BCUT2D eigenvalue weighted by atomic mass is 16.2. The Morgan fingerprint density at radius 2 is 2.17 bits per heavy atom. The molecule has 6 heteroatoms. The van der Waals surface area contributed by atoms with E-state index in [1.807, 2.05) is 24.0 Å². The van der Waals surface area contributed by atoms with Crippen molar-refractivity contribution in [2.45, 2.75) is 39.2 Å². The molecular weight excluding hydrogens is 290 g/mol. The third kappa shape index (κ3) is 5.23. The monoisotopic (exact) mass is 317 g/mol. The van der Waals surface area contributed by atoms with Gasteiger partial charge in [-0.05, 0) is 39.2 Å². The number of amides is 2. The van der Waals surface area contributed by atoms with Crippen LogP contribution in [0.25, 0.3) is 0 Å². The summed E-state index contributed by atoms with van der Waals surface area (Å²) in [7, 11) is 0. The van der Waals surface area contributed by atoms with Crippen LogP contribution in [0.5, 0.6) is 0 Å². The Labute approximate surface area is 138 Å². The third-order valence-electron chi connectivity index (χ3n) is 4.07. The van der Waals surface area contributed by atoms with Crippen LogP contribution in [0.15, 0.2) is 24.9 Å². The average Bonchev–Trinajstić information content (AvgIpc) is 2.55. The Hall–Kier alpha value is -2.11. The van der Waals surface area contributed by atoms with Gasteiger partial charge in [0.2, 0.25) is 0 Å². The molecule has 1 fully saturated rings. The zero-order valence-electron chi connectivity index (χ0n) is 14.2. The van der Waals surface area contributed by atoms with E-state index in [1.54, 1.807) is 6.20 Å². The fraction of sp³-hybridized carbons (Fsp3) is 0.588. The van der Waals surface area contributed by atoms with Crippen LogP contribution >= 0.6 is 0 Å². The molecule has 0 saturated carbocycles. The molecule has 2 amide bonds. The Kier molecular flexibility index (Phi) is 6.38. The van der Waals surface area contributed by atoms with E-state index in [9.17, 15) is 4.79 Å². The summed E-state index contributed by atoms with van der Waals surface area (Å²) in [6.45, 7) is 10.7. The number of nitrogens with one attached hydrogen (secondary N) is 1. The van der Waals surface area contributed by atoms with Crippen molar-refractivity contribution >= 4 is 11.8 Å². The summed E-state index contributed by atoms with van der Waals surface area (Å²) in [6.07, 6.45) is 6.74. The number of anilines is 1. The van der Waals surface area contributed by atoms with E-state index in [2.05, 4.69) is 33.7 Å². The molecule has 0 spiro atoms. The molecule has 2 heterocycles. The van der Waals surface area contributed by atoms with E-state index >= 15 is 0 Å². The van der Waals surface area contributed by atoms with Crippen LogP contribution in [0.2, 0.25) is 0 Å². The Balaban J connectivity index is 1.77. The molecule has 1 atom stereocenters. The number of aryl methyl sites for hydroxylation is 1. The van der Waals surface area contributed by atoms with Crippen LogP contribution in [0, 0.1) is 6.92 Å². The number of urea groups is 1. The van der Waals surface area contributed by atoms with Crippen LogP contribution in [0.1, 0.15) is 32.0 Å². The maximum Gasteiger partial charge on any atom is 0.317 e. The zero-order chi connectivity index (χ0) is 16.7. The van der Waals surface area contributed by atoms with Gasteiger partial charge in [-0.1, -0.05) is 6.08 Å². The molecule has 0 bridgehead atoms. The Morgan fingerprint density at radius 3 is 2.83 bits per heavy atom. The summed E-state index contributed by atoms with van der Waals surface area (Å²) in [5.74, 6) is 1.71. The molecule has 0 unspecified atom stereocenters. The lowest BCUT2D eigenvalue weighted by molar-refractivity contribution is 0.190. The number of unbranched alkanes of at least 4 members (excludes halogenated alkanes) is 1. The van der Waals surface area contributed by atoms with Crippen LogP contribution < -0.4 is 10.2 Å². The summed E-state index contributed by atoms with van der Waals surface area (Å²) >= 11 is 0. The van der Waals surface area contributed by atoms with Crippen molar-refractivity contribution in [3.63, 3.8) is 0 Å². The van der Waals surface area contributed by atoms with E-state index in [0.717, 1.165) is 44.0 Å². The quantitative estimate of drug-likeness (QED) is 0.646. The van der Waals surface area contributed by atoms with E-state index in [1.165, 1.54) is 0 Å². The highest BCUT2D eigenvalue weighted by molar-refractivity contribution is 5.74. The normalized spacial score (nSPS) is 16.1. The topological polar surface area (TPSA) is 61.4 Å². The van der Waals surface area contributed by atoms with Gasteiger partial charge < -0.3 is 15.1 Å². The molecular formula is C17H27N5O. The summed E-state index contributed by atoms with van der Waals surface area (Å²) < 4.78 is 0. The molecule has 1 saturated heterocycles. The lowest BCUT2D eigenvalue weighted by atomic mass is 10.1. The molecule has 23 heavy (non-hydrogen) atoms. The predicted molar refractivity (Wildman–Crippen MR) is 92.6 cm³/mol. The third-order valence-corrected chi connectivity index (χ3v) is 4.07. The van der Waals surface area contributed by atoms with Crippen LogP contribution in [-0.4, -0.2) is 53.1 Å². The Bertz CT molecular complexity index is 525. The number of nitrogens with zero attached hydrogens (tertiary/aromatic N) is 4. The number of hydrogen-bond acceptors (Lipinski definition) is 4. The maximum atomic E-state index is 12.3. The number of carbonyl (C=O) groups excluding carboxylic acids is 1. The summed E-state index contributed by atoms with van der Waals surface area (Å²) in [6, 6.07) is 2.16. The van der Waals surface area contributed by atoms with Gasteiger partial charge in [0.25, 0.3) is 0 Å². The minimum atomic E-state index is 0.0367. The molecule has 2 rings (SSSR count). The molecule has 1 aromatic heterocycles. The number of hydrogen-bond donors (Lipinski definition) is 1. The maximum absolute atomic E-state index is 12.3. The highest BCUT2D eigenvalue weighted by Gasteiger charge is 2.22. The second-order valence-electron chi connectivity index (χ2n) is 6.01. The van der Waals surface area contributed by atoms with Gasteiger partial charge in [-0.3, -0.25) is 0 Å². The minimum Gasteiger partial charge on any atom is -0.353 e. The molecule has 1 aliphatic rings. The standard InChI is InChI=1S/C17H27N5O/c1-4-5-6-7-14(2)19-17(23)22-12-10-21(11-13-22)16-8-9-18-15(3)20-16/h4,8-9,14H,1,5-7,10-13H2,2-3H3,(H,19,23)/t14-/m1/s1. The van der Waals surface area contributed by atoms with Gasteiger partial charge in [-0.2, -0.15) is 0 Å². The first-order valence-corrected chi connectivity index (χ1v) is 8.31. The molecule has 0 aliphatic carbocycles. The van der Waals surface area contributed by atoms with E-state index in [4.69, 9.17) is 0 Å². The van der Waals surface area contributed by atoms with Gasteiger partial charge in [0.05, 0.1) is 0 Å². The average molecular weight is 317 g/mol. The van der Waals surface area contributed by atoms with Gasteiger partial charge in [-0.15, -0.1) is 6.58 Å². The smallest absolute Gasteiger partial charge is 0.317 e. The number of rotatable bonds is 6. The Morgan fingerprint density at radius 1 is 1.43 bits per heavy atom. The minimum absolute atomic E-state index is 0.0367. The zero-order valence-corrected chi connectivity index (χ0v) is 14.2. The van der Waals surface area contributed by atoms with Gasteiger partial charge in [-0.25, -0.2) is 14.8 Å². The molecule has 0 radical (unpaired) electrons. The summed E-state index contributed by atoms with van der Waals surface area (Å²) in [5, 5.41) is 3.08. The molecule has 6 nitrogen and oxygen atoms in total. The van der Waals surface area contributed by atoms with Crippen molar-refractivity contribution in [3.8, 4) is 0 Å². The van der Waals surface area contributed by atoms with E-state index in [0.29, 0.717) is 13.1 Å². The summed E-state index contributed by atoms with van der Waals surface area (Å²) in [4.78, 5) is 24.9. The molecule has 0 aromatic carbocycles. The van der Waals surface area contributed by atoms with Gasteiger partial charge >= 0.3 is 6.03 Å². The number of piperazine rings is 1. The van der Waals surface area contributed by atoms with Crippen LogP contribution in [0.3, 0.4) is 0 Å². The van der Waals surface area contributed by atoms with Crippen molar-refractivity contribution in [1.82, 2.24) is 20.2 Å². The lowest BCUT2D eigenvalue weighted by Crippen LogP contribution is -2.53. The number of aromatic nitrogens is 2. The largest absolute Gasteiger partial charge is 0.353 e. The lowest BCUT2D eigenvalue weighted by Gasteiger charge is -2.36. The number of carbonyl (C=O) groups is 1. The summed E-state index contributed by atoms with van der Waals surface area (Å²) in [5.41, 5.74) is 0. The van der Waals surface area contributed by atoms with Crippen LogP contribution in [-0.2, 0) is 0 Å². The SMILES string of the molecule is C=CCCC[C@@H](C)NC(=O)N1CCN(c2ccnc(C)n2)CC1. The van der Waals surface area contributed by atoms with E-state index in [-0.39, 0.29) is 12.1 Å². The molecule has 1 aliphatic heterocycles.